The number of nitrogens with one attached hydrogen (secondary N) is 1. The van der Waals surface area contributed by atoms with Crippen LogP contribution in [0.2, 0.25) is 0 Å². The molecule has 1 aromatic carbocycles. The maximum absolute atomic E-state index is 13.4. The van der Waals surface area contributed by atoms with Gasteiger partial charge in [-0.05, 0) is 38.1 Å². The molecular weight excluding hydrogens is 181 g/mol. The molecule has 3 heteroatoms. The van der Waals surface area contributed by atoms with Gasteiger partial charge in [0.25, 0.3) is 0 Å². The fraction of sp³-hybridized carbons (Fsp3) is 0.455. The van der Waals surface area contributed by atoms with E-state index in [-0.39, 0.29) is 5.82 Å². The zero-order valence-electron chi connectivity index (χ0n) is 9.07. The van der Waals surface area contributed by atoms with Crippen LogP contribution in [0.3, 0.4) is 0 Å². The van der Waals surface area contributed by atoms with E-state index in [2.05, 4.69) is 5.32 Å². The van der Waals surface area contributed by atoms with E-state index in [4.69, 9.17) is 4.74 Å². The summed E-state index contributed by atoms with van der Waals surface area (Å²) >= 11 is 0. The molecule has 0 saturated carbocycles. The second kappa shape index (κ2) is 4.42. The van der Waals surface area contributed by atoms with Crippen LogP contribution in [-0.2, 0) is 6.54 Å². The van der Waals surface area contributed by atoms with Gasteiger partial charge in [-0.15, -0.1) is 0 Å². The number of hydrogen-bond donors (Lipinski definition) is 1. The van der Waals surface area contributed by atoms with Gasteiger partial charge in [-0.3, -0.25) is 0 Å². The molecule has 0 aliphatic rings. The van der Waals surface area contributed by atoms with E-state index in [0.29, 0.717) is 12.1 Å². The number of aryl methyl sites for hydroxylation is 1. The Morgan fingerprint density at radius 2 is 2.07 bits per heavy atom. The van der Waals surface area contributed by atoms with Gasteiger partial charge in [0.2, 0.25) is 0 Å². The van der Waals surface area contributed by atoms with E-state index in [9.17, 15) is 4.39 Å². The largest absolute Gasteiger partial charge is 0.496 e. The Labute approximate surface area is 84.1 Å². The van der Waals surface area contributed by atoms with Crippen LogP contribution in [0.5, 0.6) is 5.75 Å². The molecule has 0 saturated heterocycles. The molecule has 0 radical (unpaired) electrons. The maximum atomic E-state index is 13.4. The molecule has 0 spiro atoms. The van der Waals surface area contributed by atoms with Gasteiger partial charge in [0.05, 0.1) is 7.11 Å². The summed E-state index contributed by atoms with van der Waals surface area (Å²) in [6.07, 6.45) is 0. The van der Waals surface area contributed by atoms with Crippen LogP contribution in [0, 0.1) is 19.7 Å². The molecule has 1 rings (SSSR count). The van der Waals surface area contributed by atoms with Gasteiger partial charge in [-0.2, -0.15) is 0 Å². The summed E-state index contributed by atoms with van der Waals surface area (Å²) < 4.78 is 18.7. The lowest BCUT2D eigenvalue weighted by Gasteiger charge is -2.14. The minimum Gasteiger partial charge on any atom is -0.496 e. The Morgan fingerprint density at radius 1 is 1.43 bits per heavy atom. The minimum atomic E-state index is -0.173. The normalized spacial score (nSPS) is 10.4. The van der Waals surface area contributed by atoms with E-state index in [1.54, 1.807) is 14.0 Å². The van der Waals surface area contributed by atoms with Crippen molar-refractivity contribution >= 4 is 0 Å². The Kier molecular flexibility index (Phi) is 3.47. The highest BCUT2D eigenvalue weighted by Crippen LogP contribution is 2.28. The zero-order valence-corrected chi connectivity index (χ0v) is 9.07. The molecule has 2 nitrogen and oxygen atoms in total. The van der Waals surface area contributed by atoms with Crippen LogP contribution in [0.25, 0.3) is 0 Å². The average molecular weight is 197 g/mol. The number of benzene rings is 1. The first kappa shape index (κ1) is 11.0. The summed E-state index contributed by atoms with van der Waals surface area (Å²) in [4.78, 5) is 0. The van der Waals surface area contributed by atoms with Gasteiger partial charge in [0.15, 0.2) is 0 Å². The first-order valence-electron chi connectivity index (χ1n) is 4.59. The highest BCUT2D eigenvalue weighted by atomic mass is 19.1. The van der Waals surface area contributed by atoms with Crippen molar-refractivity contribution in [2.75, 3.05) is 14.2 Å². The Hall–Kier alpha value is -1.09. The molecule has 0 amide bonds. The summed E-state index contributed by atoms with van der Waals surface area (Å²) in [7, 11) is 3.44. The van der Waals surface area contributed by atoms with Crippen molar-refractivity contribution < 1.29 is 9.13 Å². The summed E-state index contributed by atoms with van der Waals surface area (Å²) in [6, 6.07) is 1.51. The van der Waals surface area contributed by atoms with E-state index in [1.165, 1.54) is 6.07 Å². The van der Waals surface area contributed by atoms with Crippen molar-refractivity contribution in [3.8, 4) is 5.75 Å². The predicted molar refractivity (Wildman–Crippen MR) is 55.2 cm³/mol. The molecule has 0 heterocycles. The van der Waals surface area contributed by atoms with Gasteiger partial charge < -0.3 is 10.1 Å². The first-order chi connectivity index (χ1) is 6.61. The summed E-state index contributed by atoms with van der Waals surface area (Å²) in [5, 5.41) is 3.01. The van der Waals surface area contributed by atoms with Crippen molar-refractivity contribution in [3.05, 3.63) is 28.6 Å². The summed E-state index contributed by atoms with van der Waals surface area (Å²) in [5.41, 5.74) is 2.38. The van der Waals surface area contributed by atoms with Crippen LogP contribution in [0.15, 0.2) is 6.07 Å². The smallest absolute Gasteiger partial charge is 0.126 e. The van der Waals surface area contributed by atoms with Crippen molar-refractivity contribution in [1.29, 1.82) is 0 Å². The van der Waals surface area contributed by atoms with Crippen molar-refractivity contribution in [3.63, 3.8) is 0 Å². The van der Waals surface area contributed by atoms with Gasteiger partial charge in [-0.25, -0.2) is 4.39 Å². The third kappa shape index (κ3) is 1.87. The number of hydrogen-bond acceptors (Lipinski definition) is 2. The SMILES string of the molecule is CNCc1c(C)c(F)cc(C)c1OC. The Morgan fingerprint density at radius 3 is 2.57 bits per heavy atom. The molecule has 0 atom stereocenters. The van der Waals surface area contributed by atoms with E-state index < -0.39 is 0 Å². The van der Waals surface area contributed by atoms with Crippen LogP contribution in [0.1, 0.15) is 16.7 Å². The monoisotopic (exact) mass is 197 g/mol. The molecule has 0 aliphatic heterocycles. The van der Waals surface area contributed by atoms with Gasteiger partial charge in [-0.1, -0.05) is 0 Å². The van der Waals surface area contributed by atoms with Crippen molar-refractivity contribution in [2.24, 2.45) is 0 Å². The fourth-order valence-electron chi connectivity index (χ4n) is 1.59. The average Bonchev–Trinajstić information content (AvgIpc) is 2.14. The minimum absolute atomic E-state index is 0.173. The molecule has 0 unspecified atom stereocenters. The quantitative estimate of drug-likeness (QED) is 0.801. The Balaban J connectivity index is 3.32. The van der Waals surface area contributed by atoms with Crippen molar-refractivity contribution in [2.45, 2.75) is 20.4 Å². The highest BCUT2D eigenvalue weighted by Gasteiger charge is 2.12. The van der Waals surface area contributed by atoms with Gasteiger partial charge >= 0.3 is 0 Å². The Bertz CT molecular complexity index is 337. The first-order valence-corrected chi connectivity index (χ1v) is 4.59. The van der Waals surface area contributed by atoms with E-state index in [1.807, 2.05) is 14.0 Å². The third-order valence-corrected chi connectivity index (χ3v) is 2.34. The molecular formula is C11H16FNO. The molecule has 78 valence electrons. The molecule has 14 heavy (non-hydrogen) atoms. The molecule has 0 bridgehead atoms. The topological polar surface area (TPSA) is 21.3 Å². The summed E-state index contributed by atoms with van der Waals surface area (Å²) in [6.45, 7) is 4.23. The third-order valence-electron chi connectivity index (χ3n) is 2.34. The lowest BCUT2D eigenvalue weighted by Crippen LogP contribution is -2.10. The maximum Gasteiger partial charge on any atom is 0.126 e. The molecule has 1 aromatic rings. The van der Waals surface area contributed by atoms with Crippen LogP contribution in [0.4, 0.5) is 4.39 Å². The fourth-order valence-corrected chi connectivity index (χ4v) is 1.59. The lowest BCUT2D eigenvalue weighted by molar-refractivity contribution is 0.403. The standard InChI is InChI=1S/C11H16FNO/c1-7-5-10(12)8(2)9(6-13-3)11(7)14-4/h5,13H,6H2,1-4H3. The number of ether oxygens (including phenoxy) is 1. The van der Waals surface area contributed by atoms with E-state index in [0.717, 1.165) is 16.9 Å². The van der Waals surface area contributed by atoms with E-state index >= 15 is 0 Å². The zero-order chi connectivity index (χ0) is 10.7. The molecule has 1 N–H and O–H groups in total. The number of halogens is 1. The summed E-state index contributed by atoms with van der Waals surface area (Å²) in [5.74, 6) is 0.604. The van der Waals surface area contributed by atoms with Crippen LogP contribution >= 0.6 is 0 Å². The van der Waals surface area contributed by atoms with Crippen LogP contribution in [-0.4, -0.2) is 14.2 Å². The second-order valence-corrected chi connectivity index (χ2v) is 3.34. The molecule has 0 aliphatic carbocycles. The number of methoxy groups -OCH3 is 1. The van der Waals surface area contributed by atoms with Gasteiger partial charge in [0, 0.05) is 12.1 Å². The lowest BCUT2D eigenvalue weighted by atomic mass is 10.0. The van der Waals surface area contributed by atoms with Gasteiger partial charge in [0.1, 0.15) is 11.6 Å². The molecule has 0 aromatic heterocycles. The van der Waals surface area contributed by atoms with Crippen molar-refractivity contribution in [1.82, 2.24) is 5.32 Å². The predicted octanol–water partition coefficient (Wildman–Crippen LogP) is 2.17. The second-order valence-electron chi connectivity index (χ2n) is 3.34. The molecule has 0 fully saturated rings. The number of rotatable bonds is 3. The van der Waals surface area contributed by atoms with Crippen LogP contribution < -0.4 is 10.1 Å². The highest BCUT2D eigenvalue weighted by molar-refractivity contribution is 5.46.